The molecule has 0 amide bonds. The fourth-order valence-corrected chi connectivity index (χ4v) is 3.04. The van der Waals surface area contributed by atoms with Gasteiger partial charge in [-0.2, -0.15) is 0 Å². The molecule has 0 aromatic heterocycles. The van der Waals surface area contributed by atoms with Crippen LogP contribution in [0.1, 0.15) is 5.56 Å². The molecule has 0 aliphatic rings. The second-order valence-electron chi connectivity index (χ2n) is 5.73. The molecule has 0 unspecified atom stereocenters. The maximum atomic E-state index is 6.24. The Hall–Kier alpha value is -2.80. The molecule has 4 rings (SSSR count). The predicted molar refractivity (Wildman–Crippen MR) is 97.1 cm³/mol. The molecule has 23 heavy (non-hydrogen) atoms. The van der Waals surface area contributed by atoms with E-state index in [0.717, 1.165) is 12.2 Å². The first-order valence-corrected chi connectivity index (χ1v) is 7.99. The summed E-state index contributed by atoms with van der Waals surface area (Å²) in [7, 11) is 0. The Morgan fingerprint density at radius 2 is 1.17 bits per heavy atom. The molecular formula is C22H18O. The average Bonchev–Trinajstić information content (AvgIpc) is 2.62. The van der Waals surface area contributed by atoms with Gasteiger partial charge < -0.3 is 4.74 Å². The minimum atomic E-state index is 0.683. The number of hydrogen-bond donors (Lipinski definition) is 0. The highest BCUT2D eigenvalue weighted by Crippen LogP contribution is 2.34. The minimum Gasteiger partial charge on any atom is -0.492 e. The summed E-state index contributed by atoms with van der Waals surface area (Å²) in [6.07, 6.45) is 0.915. The summed E-state index contributed by atoms with van der Waals surface area (Å²) >= 11 is 0. The first-order chi connectivity index (χ1) is 11.4. The van der Waals surface area contributed by atoms with Gasteiger partial charge >= 0.3 is 0 Å². The highest BCUT2D eigenvalue weighted by molar-refractivity contribution is 6.05. The van der Waals surface area contributed by atoms with Gasteiger partial charge in [-0.25, -0.2) is 0 Å². The van der Waals surface area contributed by atoms with Crippen LogP contribution in [0, 0.1) is 0 Å². The van der Waals surface area contributed by atoms with Gasteiger partial charge in [-0.3, -0.25) is 0 Å². The summed E-state index contributed by atoms with van der Waals surface area (Å²) in [6, 6.07) is 29.6. The van der Waals surface area contributed by atoms with Crippen molar-refractivity contribution < 1.29 is 4.74 Å². The molecule has 0 radical (unpaired) electrons. The monoisotopic (exact) mass is 298 g/mol. The quantitative estimate of drug-likeness (QED) is 0.445. The second-order valence-corrected chi connectivity index (χ2v) is 5.73. The van der Waals surface area contributed by atoms with Gasteiger partial charge in [0, 0.05) is 17.2 Å². The number of fused-ring (bicyclic) bond motifs is 2. The van der Waals surface area contributed by atoms with E-state index in [4.69, 9.17) is 4.74 Å². The van der Waals surface area contributed by atoms with Crippen LogP contribution in [-0.2, 0) is 6.42 Å². The van der Waals surface area contributed by atoms with Gasteiger partial charge in [0.15, 0.2) is 0 Å². The zero-order valence-corrected chi connectivity index (χ0v) is 12.9. The highest BCUT2D eigenvalue weighted by atomic mass is 16.5. The molecule has 0 heterocycles. The van der Waals surface area contributed by atoms with E-state index < -0.39 is 0 Å². The summed E-state index contributed by atoms with van der Waals surface area (Å²) < 4.78 is 6.24. The number of hydrogen-bond acceptors (Lipinski definition) is 1. The summed E-state index contributed by atoms with van der Waals surface area (Å²) in [5.41, 5.74) is 1.30. The molecular weight excluding hydrogens is 280 g/mol. The second kappa shape index (κ2) is 6.13. The fourth-order valence-electron chi connectivity index (χ4n) is 3.04. The van der Waals surface area contributed by atoms with Crippen LogP contribution in [0.15, 0.2) is 84.9 Å². The largest absolute Gasteiger partial charge is 0.492 e. The fraction of sp³-hybridized carbons (Fsp3) is 0.0909. The standard InChI is InChI=1S/C22H18O/c1-2-8-17(9-3-1)14-15-23-22-20-12-6-4-10-18(20)16-19-11-5-7-13-21(19)22/h1-13,16H,14-15H2. The number of rotatable bonds is 4. The average molecular weight is 298 g/mol. The van der Waals surface area contributed by atoms with Crippen molar-refractivity contribution in [2.75, 3.05) is 6.61 Å². The minimum absolute atomic E-state index is 0.683. The molecule has 0 aliphatic carbocycles. The number of benzene rings is 4. The first-order valence-electron chi connectivity index (χ1n) is 7.99. The lowest BCUT2D eigenvalue weighted by Crippen LogP contribution is -2.02. The van der Waals surface area contributed by atoms with Gasteiger partial charge in [-0.05, 0) is 22.4 Å². The normalized spacial score (nSPS) is 11.0. The zero-order valence-electron chi connectivity index (χ0n) is 12.9. The molecule has 4 aromatic carbocycles. The predicted octanol–water partition coefficient (Wildman–Crippen LogP) is 5.61. The summed E-state index contributed by atoms with van der Waals surface area (Å²) in [5.74, 6) is 0.995. The van der Waals surface area contributed by atoms with Crippen LogP contribution >= 0.6 is 0 Å². The maximum Gasteiger partial charge on any atom is 0.134 e. The Kier molecular flexibility index (Phi) is 3.69. The Labute approximate surface area is 136 Å². The van der Waals surface area contributed by atoms with Crippen LogP contribution in [0.3, 0.4) is 0 Å². The van der Waals surface area contributed by atoms with Gasteiger partial charge in [0.1, 0.15) is 5.75 Å². The molecule has 0 spiro atoms. The SMILES string of the molecule is c1ccc(CCOc2c3ccccc3cc3ccccc23)cc1. The lowest BCUT2D eigenvalue weighted by molar-refractivity contribution is 0.329. The van der Waals surface area contributed by atoms with E-state index in [-0.39, 0.29) is 0 Å². The van der Waals surface area contributed by atoms with Crippen molar-refractivity contribution in [1.82, 2.24) is 0 Å². The third kappa shape index (κ3) is 2.78. The summed E-state index contributed by atoms with van der Waals surface area (Å²) in [6.45, 7) is 0.683. The molecule has 0 saturated carbocycles. The van der Waals surface area contributed by atoms with Crippen molar-refractivity contribution in [3.63, 3.8) is 0 Å². The van der Waals surface area contributed by atoms with Gasteiger partial charge in [0.2, 0.25) is 0 Å². The van der Waals surface area contributed by atoms with E-state index in [1.165, 1.54) is 27.1 Å². The van der Waals surface area contributed by atoms with E-state index in [1.54, 1.807) is 0 Å². The molecule has 112 valence electrons. The first kappa shape index (κ1) is 13.8. The van der Waals surface area contributed by atoms with Gasteiger partial charge in [0.25, 0.3) is 0 Å². The van der Waals surface area contributed by atoms with Crippen molar-refractivity contribution in [2.45, 2.75) is 6.42 Å². The third-order valence-electron chi connectivity index (χ3n) is 4.20. The van der Waals surface area contributed by atoms with Crippen molar-refractivity contribution in [2.24, 2.45) is 0 Å². The third-order valence-corrected chi connectivity index (χ3v) is 4.20. The Balaban J connectivity index is 1.71. The van der Waals surface area contributed by atoms with E-state index in [1.807, 2.05) is 6.07 Å². The Morgan fingerprint density at radius 3 is 1.83 bits per heavy atom. The summed E-state index contributed by atoms with van der Waals surface area (Å²) in [5, 5.41) is 4.81. The zero-order chi connectivity index (χ0) is 15.5. The van der Waals surface area contributed by atoms with E-state index in [9.17, 15) is 0 Å². The van der Waals surface area contributed by atoms with Crippen LogP contribution in [0.4, 0.5) is 0 Å². The van der Waals surface area contributed by atoms with Crippen molar-refractivity contribution in [3.8, 4) is 5.75 Å². The molecule has 0 fully saturated rings. The van der Waals surface area contributed by atoms with Crippen molar-refractivity contribution >= 4 is 21.5 Å². The molecule has 1 heteroatoms. The lowest BCUT2D eigenvalue weighted by atomic mass is 10.0. The van der Waals surface area contributed by atoms with Crippen LogP contribution < -0.4 is 4.74 Å². The highest BCUT2D eigenvalue weighted by Gasteiger charge is 2.08. The van der Waals surface area contributed by atoms with Gasteiger partial charge in [0.05, 0.1) is 6.61 Å². The Morgan fingerprint density at radius 1 is 0.609 bits per heavy atom. The lowest BCUT2D eigenvalue weighted by Gasteiger charge is -2.13. The van der Waals surface area contributed by atoms with Crippen LogP contribution in [-0.4, -0.2) is 6.61 Å². The molecule has 0 bridgehead atoms. The molecule has 0 atom stereocenters. The summed E-state index contributed by atoms with van der Waals surface area (Å²) in [4.78, 5) is 0. The van der Waals surface area contributed by atoms with E-state index >= 15 is 0 Å². The smallest absolute Gasteiger partial charge is 0.134 e. The van der Waals surface area contributed by atoms with Crippen molar-refractivity contribution in [1.29, 1.82) is 0 Å². The van der Waals surface area contributed by atoms with Crippen LogP contribution in [0.5, 0.6) is 5.75 Å². The maximum absolute atomic E-state index is 6.24. The molecule has 4 aromatic rings. The van der Waals surface area contributed by atoms with Crippen LogP contribution in [0.25, 0.3) is 21.5 Å². The Bertz CT molecular complexity index is 888. The topological polar surface area (TPSA) is 9.23 Å². The molecule has 0 aliphatic heterocycles. The molecule has 0 N–H and O–H groups in total. The van der Waals surface area contributed by atoms with Gasteiger partial charge in [-0.1, -0.05) is 78.9 Å². The van der Waals surface area contributed by atoms with Crippen molar-refractivity contribution in [3.05, 3.63) is 90.5 Å². The van der Waals surface area contributed by atoms with Crippen LogP contribution in [0.2, 0.25) is 0 Å². The van der Waals surface area contributed by atoms with Gasteiger partial charge in [-0.15, -0.1) is 0 Å². The molecule has 0 saturated heterocycles. The number of ether oxygens (including phenoxy) is 1. The van der Waals surface area contributed by atoms with E-state index in [0.29, 0.717) is 6.61 Å². The van der Waals surface area contributed by atoms with E-state index in [2.05, 4.69) is 78.9 Å². The molecule has 1 nitrogen and oxygen atoms in total.